The van der Waals surface area contributed by atoms with Gasteiger partial charge in [-0.15, -0.1) is 0 Å². The molecule has 2 unspecified atom stereocenters. The van der Waals surface area contributed by atoms with E-state index in [1.165, 1.54) is 17.4 Å². The highest BCUT2D eigenvalue weighted by molar-refractivity contribution is 8.04. The Balaban J connectivity index is 1.35. The molecule has 39 heavy (non-hydrogen) atoms. The third-order valence-corrected chi connectivity index (χ3v) is 9.44. The molecule has 0 radical (unpaired) electrons. The van der Waals surface area contributed by atoms with Gasteiger partial charge in [-0.3, -0.25) is 4.79 Å². The number of hydrogen-bond donors (Lipinski definition) is 2. The summed E-state index contributed by atoms with van der Waals surface area (Å²) in [5, 5.41) is 18.7. The smallest absolute Gasteiger partial charge is 0.262 e. The molecule has 0 saturated carbocycles. The van der Waals surface area contributed by atoms with Crippen LogP contribution in [-0.2, 0) is 16.8 Å². The Morgan fingerprint density at radius 2 is 1.97 bits per heavy atom. The molecule has 0 fully saturated rings. The first-order valence-electron chi connectivity index (χ1n) is 12.6. The Kier molecular flexibility index (Phi) is 7.10. The van der Waals surface area contributed by atoms with Gasteiger partial charge in [0.15, 0.2) is 0 Å². The van der Waals surface area contributed by atoms with Crippen LogP contribution in [0.25, 0.3) is 0 Å². The van der Waals surface area contributed by atoms with Crippen LogP contribution in [0, 0.1) is 5.82 Å². The lowest BCUT2D eigenvalue weighted by molar-refractivity contribution is -0.119. The molecule has 1 amide bonds. The molecule has 2 atom stereocenters. The van der Waals surface area contributed by atoms with E-state index in [0.29, 0.717) is 33.5 Å². The first-order chi connectivity index (χ1) is 18.9. The maximum Gasteiger partial charge on any atom is 0.262 e. The lowest BCUT2D eigenvalue weighted by Crippen LogP contribution is -2.50. The van der Waals surface area contributed by atoms with Gasteiger partial charge in [-0.2, -0.15) is 11.3 Å². The van der Waals surface area contributed by atoms with Gasteiger partial charge in [-0.1, -0.05) is 53.7 Å². The number of pyridine rings is 1. The predicted octanol–water partition coefficient (Wildman–Crippen LogP) is 7.72. The van der Waals surface area contributed by atoms with Crippen molar-refractivity contribution < 1.29 is 19.0 Å². The molecule has 0 saturated heterocycles. The Hall–Kier alpha value is -3.33. The molecular formula is C30H24ClFN2O3S2. The highest BCUT2D eigenvalue weighted by Gasteiger charge is 2.44. The molecule has 1 aliphatic carbocycles. The second-order valence-corrected chi connectivity index (χ2v) is 11.8. The van der Waals surface area contributed by atoms with Gasteiger partial charge in [-0.05, 0) is 77.0 Å². The number of fused-ring (bicyclic) bond motifs is 1. The molecule has 2 aromatic heterocycles. The number of benzene rings is 2. The van der Waals surface area contributed by atoms with Crippen LogP contribution in [0.5, 0.6) is 5.88 Å². The van der Waals surface area contributed by atoms with E-state index in [1.54, 1.807) is 24.3 Å². The van der Waals surface area contributed by atoms with Crippen molar-refractivity contribution in [3.05, 3.63) is 121 Å². The number of thioether (sulfide) groups is 1. The molecule has 4 aromatic rings. The average molecular weight is 579 g/mol. The number of halogens is 2. The molecule has 0 bridgehead atoms. The molecule has 0 spiro atoms. The number of nitrogens with zero attached hydrogens (tertiary/aromatic N) is 1. The normalized spacial score (nSPS) is 20.9. The summed E-state index contributed by atoms with van der Waals surface area (Å²) in [4.78, 5) is 19.2. The summed E-state index contributed by atoms with van der Waals surface area (Å²) in [7, 11) is 0. The van der Waals surface area contributed by atoms with Gasteiger partial charge in [0.25, 0.3) is 5.91 Å². The fourth-order valence-corrected chi connectivity index (χ4v) is 7.08. The van der Waals surface area contributed by atoms with Crippen molar-refractivity contribution in [3.63, 3.8) is 0 Å². The van der Waals surface area contributed by atoms with Crippen LogP contribution < -0.4 is 10.1 Å². The monoisotopic (exact) mass is 578 g/mol. The Bertz CT molecular complexity index is 1580. The number of thiophene rings is 1. The van der Waals surface area contributed by atoms with Crippen LogP contribution >= 0.6 is 34.7 Å². The number of aliphatic hydroxyl groups excluding tert-OH is 1. The molecule has 3 heterocycles. The first-order valence-corrected chi connectivity index (χ1v) is 14.7. The van der Waals surface area contributed by atoms with Gasteiger partial charge in [0.1, 0.15) is 28.1 Å². The number of amides is 1. The van der Waals surface area contributed by atoms with Gasteiger partial charge in [0.05, 0.1) is 10.7 Å². The number of aliphatic hydroxyl groups is 1. The number of nitrogens with one attached hydrogen (secondary N) is 1. The number of ether oxygens (including phenoxy) is 1. The minimum absolute atomic E-state index is 0.0420. The third kappa shape index (κ3) is 4.93. The van der Waals surface area contributed by atoms with Gasteiger partial charge < -0.3 is 15.2 Å². The molecule has 2 aromatic carbocycles. The molecule has 198 valence electrons. The minimum Gasteiger partial charge on any atom is -0.511 e. The van der Waals surface area contributed by atoms with Crippen molar-refractivity contribution in [2.24, 2.45) is 0 Å². The standard InChI is InChI=1S/C30H24ClFN2O3S2/c31-21-8-1-2-11-25(21)39-28-23(35)16-30(34-29(28)36,18-14-15-38-17-18)26-12-5-13-27(33-26)37-24-10-4-6-19-20(24)7-3-9-22(19)32/h1-3,5,7-9,11-15,17,24,35H,4,6,10,16H2,(H,34,36). The molecule has 2 N–H and O–H groups in total. The van der Waals surface area contributed by atoms with Crippen LogP contribution in [0.3, 0.4) is 0 Å². The van der Waals surface area contributed by atoms with Gasteiger partial charge in [0, 0.05) is 17.4 Å². The van der Waals surface area contributed by atoms with E-state index in [1.807, 2.05) is 47.2 Å². The summed E-state index contributed by atoms with van der Waals surface area (Å²) in [5.41, 5.74) is 1.78. The van der Waals surface area contributed by atoms with Crippen LogP contribution in [0.4, 0.5) is 4.39 Å². The average Bonchev–Trinajstić information content (AvgIpc) is 3.48. The van der Waals surface area contributed by atoms with E-state index in [2.05, 4.69) is 5.32 Å². The molecule has 9 heteroatoms. The molecule has 1 aliphatic heterocycles. The number of aromatic nitrogens is 1. The zero-order chi connectivity index (χ0) is 27.0. The third-order valence-electron chi connectivity index (χ3n) is 7.11. The molecule has 5 nitrogen and oxygen atoms in total. The van der Waals surface area contributed by atoms with Crippen molar-refractivity contribution in [3.8, 4) is 5.88 Å². The minimum atomic E-state index is -1.10. The summed E-state index contributed by atoms with van der Waals surface area (Å²) >= 11 is 8.94. The molecule has 2 aliphatic rings. The fourth-order valence-electron chi connectivity index (χ4n) is 5.23. The second kappa shape index (κ2) is 10.7. The van der Waals surface area contributed by atoms with Gasteiger partial charge >= 0.3 is 0 Å². The van der Waals surface area contributed by atoms with Crippen LogP contribution in [0.1, 0.15) is 47.8 Å². The zero-order valence-electron chi connectivity index (χ0n) is 20.7. The maximum atomic E-state index is 14.4. The number of hydrogen-bond acceptors (Lipinski definition) is 6. The maximum absolute atomic E-state index is 14.4. The van der Waals surface area contributed by atoms with E-state index in [4.69, 9.17) is 21.3 Å². The topological polar surface area (TPSA) is 71.5 Å². The largest absolute Gasteiger partial charge is 0.511 e. The SMILES string of the molecule is O=C1NC(c2ccsc2)(c2cccc(OC3CCCc4c(F)cccc43)n2)CC(O)=C1Sc1ccccc1Cl. The van der Waals surface area contributed by atoms with Crippen LogP contribution in [-0.4, -0.2) is 16.0 Å². The summed E-state index contributed by atoms with van der Waals surface area (Å²) in [6.45, 7) is 0. The molecule has 6 rings (SSSR count). The summed E-state index contributed by atoms with van der Waals surface area (Å²) in [6, 6.07) is 19.6. The van der Waals surface area contributed by atoms with Gasteiger partial charge in [-0.25, -0.2) is 9.37 Å². The Morgan fingerprint density at radius 3 is 2.77 bits per heavy atom. The fraction of sp³-hybridized carbons (Fsp3) is 0.200. The molecular weight excluding hydrogens is 555 g/mol. The van der Waals surface area contributed by atoms with Crippen molar-refractivity contribution in [1.29, 1.82) is 0 Å². The van der Waals surface area contributed by atoms with Crippen molar-refractivity contribution in [1.82, 2.24) is 10.3 Å². The quantitative estimate of drug-likeness (QED) is 0.245. The summed E-state index contributed by atoms with van der Waals surface area (Å²) < 4.78 is 20.7. The van der Waals surface area contributed by atoms with E-state index >= 15 is 0 Å². The lowest BCUT2D eigenvalue weighted by Gasteiger charge is -2.38. The van der Waals surface area contributed by atoms with E-state index < -0.39 is 11.4 Å². The first kappa shape index (κ1) is 25.9. The second-order valence-electron chi connectivity index (χ2n) is 9.52. The Morgan fingerprint density at radius 1 is 1.13 bits per heavy atom. The summed E-state index contributed by atoms with van der Waals surface area (Å²) in [6.07, 6.45) is 2.04. The van der Waals surface area contributed by atoms with Gasteiger partial charge in [0.2, 0.25) is 5.88 Å². The van der Waals surface area contributed by atoms with Crippen LogP contribution in [0.2, 0.25) is 5.02 Å². The highest BCUT2D eigenvalue weighted by Crippen LogP contribution is 2.44. The number of carbonyl (C=O) groups is 1. The van der Waals surface area contributed by atoms with E-state index in [9.17, 15) is 14.3 Å². The van der Waals surface area contributed by atoms with E-state index in [-0.39, 0.29) is 29.0 Å². The summed E-state index contributed by atoms with van der Waals surface area (Å²) in [5.74, 6) is -0.297. The van der Waals surface area contributed by atoms with Crippen molar-refractivity contribution in [2.45, 2.75) is 42.2 Å². The van der Waals surface area contributed by atoms with Crippen molar-refractivity contribution in [2.75, 3.05) is 0 Å². The predicted molar refractivity (Wildman–Crippen MR) is 152 cm³/mol. The highest BCUT2D eigenvalue weighted by atomic mass is 35.5. The lowest BCUT2D eigenvalue weighted by atomic mass is 9.82. The van der Waals surface area contributed by atoms with E-state index in [0.717, 1.165) is 35.7 Å². The zero-order valence-corrected chi connectivity index (χ0v) is 23.1. The number of carbonyl (C=O) groups excluding carboxylic acids is 1. The number of rotatable bonds is 6. The van der Waals surface area contributed by atoms with Crippen LogP contribution in [0.15, 0.2) is 93.0 Å². The van der Waals surface area contributed by atoms with Crippen molar-refractivity contribution >= 4 is 40.6 Å². The Labute approximate surface area is 238 Å².